The molecule has 0 radical (unpaired) electrons. The smallest absolute Gasteiger partial charge is 0.160 e. The lowest BCUT2D eigenvalue weighted by Gasteiger charge is -2.13. The third kappa shape index (κ3) is 0.622. The van der Waals surface area contributed by atoms with Crippen molar-refractivity contribution in [2.45, 2.75) is 0 Å². The molecule has 2 heterocycles. The van der Waals surface area contributed by atoms with Gasteiger partial charge in [-0.1, -0.05) is 0 Å². The molecule has 2 rings (SSSR count). The zero-order chi connectivity index (χ0) is 6.10. The van der Waals surface area contributed by atoms with E-state index in [9.17, 15) is 0 Å². The molecule has 2 aliphatic rings. The monoisotopic (exact) mass is 122 g/mol. The molecule has 2 aliphatic heterocycles. The molecule has 0 saturated carbocycles. The van der Waals surface area contributed by atoms with Crippen LogP contribution in [0.15, 0.2) is 36.6 Å². The summed E-state index contributed by atoms with van der Waals surface area (Å²) in [6.45, 7) is 0. The molecule has 0 aromatic carbocycles. The number of nitrogens with one attached hydrogen (secondary N) is 1. The van der Waals surface area contributed by atoms with Crippen LogP contribution in [-0.4, -0.2) is 5.01 Å². The quantitative estimate of drug-likeness (QED) is 0.413. The van der Waals surface area contributed by atoms with Gasteiger partial charge in [-0.05, 0) is 12.2 Å². The van der Waals surface area contributed by atoms with Gasteiger partial charge in [-0.2, -0.15) is 5.01 Å². The highest BCUT2D eigenvalue weighted by atomic mass is 15.5. The molecule has 0 atom stereocenters. The van der Waals surface area contributed by atoms with Crippen LogP contribution in [0.4, 0.5) is 0 Å². The molecule has 0 bridgehead atoms. The van der Waals surface area contributed by atoms with Gasteiger partial charge in [-0.3, -0.25) is 0 Å². The Balaban J connectivity index is 2.29. The van der Waals surface area contributed by atoms with Crippen LogP contribution in [-0.2, 0) is 0 Å². The first-order valence-corrected chi connectivity index (χ1v) is 2.90. The largest absolute Gasteiger partial charge is 0.342 e. The van der Waals surface area contributed by atoms with E-state index in [1.54, 1.807) is 0 Å². The van der Waals surface area contributed by atoms with Crippen molar-refractivity contribution in [3.05, 3.63) is 36.6 Å². The molecule has 0 aliphatic carbocycles. The summed E-state index contributed by atoms with van der Waals surface area (Å²) in [6.07, 6.45) is 9.93. The summed E-state index contributed by atoms with van der Waals surface area (Å²) in [6, 6.07) is 0. The van der Waals surface area contributed by atoms with Crippen molar-refractivity contribution in [2.75, 3.05) is 0 Å². The first kappa shape index (κ1) is 4.64. The Morgan fingerprint density at radius 3 is 3.44 bits per heavy atom. The topological polar surface area (TPSA) is 31.9 Å². The predicted octanol–water partition coefficient (Wildman–Crippen LogP) is -0.790. The van der Waals surface area contributed by atoms with Crippen LogP contribution >= 0.6 is 0 Å². The van der Waals surface area contributed by atoms with E-state index in [0.29, 0.717) is 0 Å². The minimum atomic E-state index is 1.12. The molecule has 0 amide bonds. The van der Waals surface area contributed by atoms with Gasteiger partial charge in [0.05, 0.1) is 6.20 Å². The second kappa shape index (κ2) is 1.63. The summed E-state index contributed by atoms with van der Waals surface area (Å²) in [5.41, 5.74) is 2.01. The van der Waals surface area contributed by atoms with Crippen molar-refractivity contribution >= 4 is 0 Å². The predicted molar refractivity (Wildman–Crippen MR) is 33.3 cm³/mol. The van der Waals surface area contributed by atoms with Gasteiger partial charge in [-0.25, -0.2) is 5.43 Å². The van der Waals surface area contributed by atoms with Crippen molar-refractivity contribution in [1.82, 2.24) is 10.3 Å². The maximum Gasteiger partial charge on any atom is 0.160 e. The highest BCUT2D eigenvalue weighted by Gasteiger charge is 2.13. The first-order valence-electron chi connectivity index (χ1n) is 2.90. The summed E-state index contributed by atoms with van der Waals surface area (Å²) in [5.74, 6) is 1.12. The van der Waals surface area contributed by atoms with Gasteiger partial charge in [0, 0.05) is 6.20 Å². The minimum Gasteiger partial charge on any atom is -0.342 e. The Morgan fingerprint density at radius 2 is 2.56 bits per heavy atom. The molecule has 0 spiro atoms. The Labute approximate surface area is 53.3 Å². The zero-order valence-electron chi connectivity index (χ0n) is 4.91. The van der Waals surface area contributed by atoms with Gasteiger partial charge in [-0.15, -0.1) is 0 Å². The number of nitrogens with two attached hydrogens (primary N) is 1. The Bertz CT molecular complexity index is 202. The lowest BCUT2D eigenvalue weighted by molar-refractivity contribution is -0.728. The van der Waals surface area contributed by atoms with Crippen LogP contribution in [0, 0.1) is 0 Å². The number of allylic oxidation sites excluding steroid dienone is 2. The highest BCUT2D eigenvalue weighted by molar-refractivity contribution is 5.16. The fourth-order valence-corrected chi connectivity index (χ4v) is 0.911. The van der Waals surface area contributed by atoms with Crippen molar-refractivity contribution in [3.8, 4) is 0 Å². The minimum absolute atomic E-state index is 1.12. The van der Waals surface area contributed by atoms with E-state index in [0.717, 1.165) is 5.82 Å². The maximum absolute atomic E-state index is 3.08. The molecule has 0 aromatic rings. The molecule has 3 N–H and O–H groups in total. The van der Waals surface area contributed by atoms with Crippen LogP contribution in [0.1, 0.15) is 0 Å². The number of rotatable bonds is 0. The van der Waals surface area contributed by atoms with E-state index < -0.39 is 0 Å². The molecule has 0 saturated heterocycles. The van der Waals surface area contributed by atoms with Gasteiger partial charge < -0.3 is 5.32 Å². The van der Waals surface area contributed by atoms with Gasteiger partial charge >= 0.3 is 0 Å². The van der Waals surface area contributed by atoms with E-state index >= 15 is 0 Å². The average molecular weight is 122 g/mol. The molecule has 0 fully saturated rings. The van der Waals surface area contributed by atoms with E-state index in [2.05, 4.69) is 5.32 Å². The van der Waals surface area contributed by atoms with Crippen LogP contribution in [0.2, 0.25) is 0 Å². The van der Waals surface area contributed by atoms with Gasteiger partial charge in [0.25, 0.3) is 0 Å². The summed E-state index contributed by atoms with van der Waals surface area (Å²) >= 11 is 0. The average Bonchev–Trinajstić information content (AvgIpc) is 2.33. The number of quaternary nitrogens is 1. The Hall–Kier alpha value is -1.22. The summed E-state index contributed by atoms with van der Waals surface area (Å²) in [4.78, 5) is 0. The lowest BCUT2D eigenvalue weighted by atomic mass is 10.5. The van der Waals surface area contributed by atoms with E-state index in [1.165, 1.54) is 0 Å². The van der Waals surface area contributed by atoms with E-state index in [4.69, 9.17) is 0 Å². The number of hydrogen-bond donors (Lipinski definition) is 2. The third-order valence-corrected chi connectivity index (χ3v) is 1.36. The number of hydrogen-bond acceptors (Lipinski definition) is 2. The van der Waals surface area contributed by atoms with Crippen LogP contribution < -0.4 is 10.7 Å². The number of fused-ring (bicyclic) bond motifs is 1. The van der Waals surface area contributed by atoms with Gasteiger partial charge in [0.2, 0.25) is 0 Å². The number of nitrogens with zero attached hydrogens (tertiary/aromatic N) is 1. The van der Waals surface area contributed by atoms with Gasteiger partial charge in [0.15, 0.2) is 5.82 Å². The van der Waals surface area contributed by atoms with Crippen LogP contribution in [0.5, 0.6) is 0 Å². The van der Waals surface area contributed by atoms with Crippen molar-refractivity contribution in [2.24, 2.45) is 0 Å². The third-order valence-electron chi connectivity index (χ3n) is 1.36. The molecular weight excluding hydrogens is 114 g/mol. The molecule has 3 nitrogen and oxygen atoms in total. The van der Waals surface area contributed by atoms with E-state index in [1.807, 2.05) is 41.2 Å². The first-order chi connectivity index (χ1) is 4.47. The fourth-order valence-electron chi connectivity index (χ4n) is 0.911. The Morgan fingerprint density at radius 1 is 1.56 bits per heavy atom. The summed E-state index contributed by atoms with van der Waals surface area (Å²) in [7, 11) is 0. The molecule has 0 unspecified atom stereocenters. The summed E-state index contributed by atoms with van der Waals surface area (Å²) < 4.78 is 0. The van der Waals surface area contributed by atoms with Crippen molar-refractivity contribution in [3.63, 3.8) is 0 Å². The Kier molecular flexibility index (Phi) is 0.841. The van der Waals surface area contributed by atoms with Crippen molar-refractivity contribution < 1.29 is 5.43 Å². The summed E-state index contributed by atoms with van der Waals surface area (Å²) in [5, 5.41) is 5.11. The molecular formula is C6H8N3+. The van der Waals surface area contributed by atoms with Crippen LogP contribution in [0.25, 0.3) is 0 Å². The van der Waals surface area contributed by atoms with E-state index in [-0.39, 0.29) is 0 Å². The molecule has 3 heteroatoms. The standard InChI is InChI=1S/C6H7N3/c1-2-6-7-4-5-9(6)8-3-1/h1-5,7-8H/p+1. The SMILES string of the molecule is C1=C[NH2+]N2C=CNC2=C1. The normalized spacial score (nSPS) is 21.3. The highest BCUT2D eigenvalue weighted by Crippen LogP contribution is 2.02. The second-order valence-corrected chi connectivity index (χ2v) is 1.95. The van der Waals surface area contributed by atoms with Crippen LogP contribution in [0.3, 0.4) is 0 Å². The molecule has 9 heavy (non-hydrogen) atoms. The molecule has 0 aromatic heterocycles. The molecule has 46 valence electrons. The lowest BCUT2D eigenvalue weighted by Crippen LogP contribution is -2.87. The zero-order valence-corrected chi connectivity index (χ0v) is 4.91. The maximum atomic E-state index is 3.08. The van der Waals surface area contributed by atoms with Gasteiger partial charge in [0.1, 0.15) is 6.20 Å². The van der Waals surface area contributed by atoms with Crippen molar-refractivity contribution in [1.29, 1.82) is 0 Å². The fraction of sp³-hybridized carbons (Fsp3) is 0. The second-order valence-electron chi connectivity index (χ2n) is 1.95.